The zero-order chi connectivity index (χ0) is 26.9. The standard InChI is InChI=1S/C38H35N3/c1-2-8-33-28(5-1)14-21-41-22-16-30-12-11-29-15-20-39-19-13-26(25-34(39)35(29)36(30)38(33)41)9-10-27-23-31-6-3-17-40-18-4-7-32(24-27)37(31)40/h1-2,5,8-14,19,21,23-25H,3-4,6-7,15-18,20,22H2/q+2. The molecule has 0 aliphatic carbocycles. The molecular weight excluding hydrogens is 498 g/mol. The van der Waals surface area contributed by atoms with Gasteiger partial charge in [0.15, 0.2) is 25.5 Å². The van der Waals surface area contributed by atoms with Crippen LogP contribution < -0.4 is 14.0 Å². The first-order valence-electron chi connectivity index (χ1n) is 15.5. The Hall–Kier alpha value is -4.24. The minimum Gasteiger partial charge on any atom is -0.371 e. The summed E-state index contributed by atoms with van der Waals surface area (Å²) in [4.78, 5) is 2.63. The van der Waals surface area contributed by atoms with Gasteiger partial charge in [0.05, 0.1) is 16.5 Å². The summed E-state index contributed by atoms with van der Waals surface area (Å²) in [6.45, 7) is 4.53. The number of aromatic nitrogens is 2. The van der Waals surface area contributed by atoms with Crippen molar-refractivity contribution in [2.75, 3.05) is 18.0 Å². The van der Waals surface area contributed by atoms with Crippen molar-refractivity contribution in [2.45, 2.75) is 51.6 Å². The molecule has 6 heterocycles. The van der Waals surface area contributed by atoms with E-state index < -0.39 is 0 Å². The number of aryl methyl sites for hydroxylation is 6. The van der Waals surface area contributed by atoms with E-state index in [2.05, 4.69) is 105 Å². The van der Waals surface area contributed by atoms with Crippen LogP contribution in [0.5, 0.6) is 0 Å². The number of fused-ring (bicyclic) bond motifs is 9. The Morgan fingerprint density at radius 3 is 2.15 bits per heavy atom. The maximum absolute atomic E-state index is 2.63. The van der Waals surface area contributed by atoms with Crippen LogP contribution in [0.1, 0.15) is 46.2 Å². The van der Waals surface area contributed by atoms with Crippen molar-refractivity contribution in [3.8, 4) is 22.5 Å². The van der Waals surface area contributed by atoms with Crippen molar-refractivity contribution < 1.29 is 9.13 Å². The Labute approximate surface area is 242 Å². The SMILES string of the molecule is C(=C\c1cc[n+]2c(c1)-c1c(ccc3c1-c1c4ccccc4cc[n+]1CC3)CC2)/c1cc2c3c(c1)CCCN3CCC2. The van der Waals surface area contributed by atoms with Crippen molar-refractivity contribution in [1.29, 1.82) is 0 Å². The first-order valence-corrected chi connectivity index (χ1v) is 15.5. The smallest absolute Gasteiger partial charge is 0.221 e. The van der Waals surface area contributed by atoms with Crippen molar-refractivity contribution >= 4 is 28.6 Å². The van der Waals surface area contributed by atoms with E-state index >= 15 is 0 Å². The van der Waals surface area contributed by atoms with Crippen molar-refractivity contribution in [3.63, 3.8) is 0 Å². The molecule has 200 valence electrons. The van der Waals surface area contributed by atoms with Crippen molar-refractivity contribution in [2.24, 2.45) is 0 Å². The molecule has 0 spiro atoms. The molecule has 0 unspecified atom stereocenters. The molecule has 5 aromatic rings. The number of rotatable bonds is 2. The van der Waals surface area contributed by atoms with Crippen LogP contribution in [0.2, 0.25) is 0 Å². The van der Waals surface area contributed by atoms with E-state index in [9.17, 15) is 0 Å². The van der Waals surface area contributed by atoms with Crippen molar-refractivity contribution in [1.82, 2.24) is 0 Å². The molecule has 9 rings (SSSR count). The Bertz CT molecular complexity index is 1880. The van der Waals surface area contributed by atoms with Gasteiger partial charge in [0.2, 0.25) is 11.4 Å². The van der Waals surface area contributed by atoms with Gasteiger partial charge in [0.1, 0.15) is 0 Å². The van der Waals surface area contributed by atoms with Gasteiger partial charge in [-0.3, -0.25) is 0 Å². The van der Waals surface area contributed by atoms with E-state index in [1.54, 1.807) is 16.8 Å². The van der Waals surface area contributed by atoms with Gasteiger partial charge in [-0.15, -0.1) is 0 Å². The predicted octanol–water partition coefficient (Wildman–Crippen LogP) is 6.73. The average Bonchev–Trinajstić information content (AvgIpc) is 3.03. The van der Waals surface area contributed by atoms with Crippen LogP contribution in [0, 0.1) is 0 Å². The van der Waals surface area contributed by atoms with Crippen LogP contribution >= 0.6 is 0 Å². The van der Waals surface area contributed by atoms with Crippen LogP contribution in [0.15, 0.2) is 79.1 Å². The normalized spacial score (nSPS) is 16.6. The van der Waals surface area contributed by atoms with Crippen LogP contribution in [-0.2, 0) is 38.8 Å². The van der Waals surface area contributed by atoms with E-state index in [0.717, 1.165) is 25.9 Å². The van der Waals surface area contributed by atoms with Gasteiger partial charge >= 0.3 is 0 Å². The molecule has 0 N–H and O–H groups in total. The largest absolute Gasteiger partial charge is 0.371 e. The molecule has 0 radical (unpaired) electrons. The molecule has 2 aromatic heterocycles. The third-order valence-electron chi connectivity index (χ3n) is 9.93. The molecule has 3 aromatic carbocycles. The fourth-order valence-corrected chi connectivity index (χ4v) is 8.05. The second-order valence-corrected chi connectivity index (χ2v) is 12.3. The van der Waals surface area contributed by atoms with Gasteiger partial charge in [0.25, 0.3) is 0 Å². The summed E-state index contributed by atoms with van der Waals surface area (Å²) in [7, 11) is 0. The lowest BCUT2D eigenvalue weighted by Crippen LogP contribution is -2.43. The predicted molar refractivity (Wildman–Crippen MR) is 167 cm³/mol. The minimum absolute atomic E-state index is 1.03. The number of benzene rings is 3. The van der Waals surface area contributed by atoms with Crippen molar-refractivity contribution in [3.05, 3.63) is 113 Å². The van der Waals surface area contributed by atoms with Crippen LogP contribution in [0.3, 0.4) is 0 Å². The topological polar surface area (TPSA) is 11.0 Å². The summed E-state index contributed by atoms with van der Waals surface area (Å²) in [5.41, 5.74) is 15.9. The van der Waals surface area contributed by atoms with Crippen LogP contribution in [0.25, 0.3) is 45.4 Å². The number of nitrogens with zero attached hydrogens (tertiary/aromatic N) is 3. The van der Waals surface area contributed by atoms with Gasteiger partial charge in [-0.2, -0.15) is 9.13 Å². The number of pyridine rings is 2. The second kappa shape index (κ2) is 9.14. The fourth-order valence-electron chi connectivity index (χ4n) is 8.05. The molecule has 4 aliphatic heterocycles. The van der Waals surface area contributed by atoms with Crippen LogP contribution in [0.4, 0.5) is 5.69 Å². The fraction of sp³-hybridized carbons (Fsp3) is 0.263. The third-order valence-corrected chi connectivity index (χ3v) is 9.93. The second-order valence-electron chi connectivity index (χ2n) is 12.3. The van der Waals surface area contributed by atoms with Gasteiger partial charge < -0.3 is 4.90 Å². The Kier molecular flexibility index (Phi) is 5.23. The molecule has 3 heteroatoms. The molecule has 0 saturated carbocycles. The summed E-state index contributed by atoms with van der Waals surface area (Å²) in [6, 6.07) is 25.6. The highest BCUT2D eigenvalue weighted by Gasteiger charge is 2.34. The zero-order valence-corrected chi connectivity index (χ0v) is 23.6. The molecule has 41 heavy (non-hydrogen) atoms. The van der Waals surface area contributed by atoms with E-state index in [0.29, 0.717) is 0 Å². The molecule has 0 saturated heterocycles. The summed E-state index contributed by atoms with van der Waals surface area (Å²) >= 11 is 0. The van der Waals surface area contributed by atoms with E-state index in [1.807, 2.05) is 0 Å². The van der Waals surface area contributed by atoms with E-state index in [4.69, 9.17) is 0 Å². The summed E-state index contributed by atoms with van der Waals surface area (Å²) in [6.07, 6.45) is 16.4. The summed E-state index contributed by atoms with van der Waals surface area (Å²) in [5.74, 6) is 0. The minimum atomic E-state index is 1.03. The first kappa shape index (κ1) is 23.5. The van der Waals surface area contributed by atoms with Gasteiger partial charge in [0, 0.05) is 49.8 Å². The maximum Gasteiger partial charge on any atom is 0.221 e. The third kappa shape index (κ3) is 3.71. The maximum atomic E-state index is 2.63. The molecule has 0 fully saturated rings. The molecular formula is C38H35N3+2. The highest BCUT2D eigenvalue weighted by atomic mass is 15.1. The molecule has 0 bridgehead atoms. The van der Waals surface area contributed by atoms with Gasteiger partial charge in [-0.05, 0) is 82.6 Å². The quantitative estimate of drug-likeness (QED) is 0.229. The summed E-state index contributed by atoms with van der Waals surface area (Å²) < 4.78 is 4.96. The summed E-state index contributed by atoms with van der Waals surface area (Å²) in [5, 5.41) is 2.67. The Morgan fingerprint density at radius 1 is 0.610 bits per heavy atom. The van der Waals surface area contributed by atoms with Gasteiger partial charge in [-0.25, -0.2) is 0 Å². The average molecular weight is 534 g/mol. The lowest BCUT2D eigenvalue weighted by Gasteiger charge is -2.37. The zero-order valence-electron chi connectivity index (χ0n) is 23.6. The van der Waals surface area contributed by atoms with Crippen LogP contribution in [-0.4, -0.2) is 13.1 Å². The number of hydrogen-bond acceptors (Lipinski definition) is 1. The Balaban J connectivity index is 1.17. The highest BCUT2D eigenvalue weighted by Crippen LogP contribution is 2.42. The monoisotopic (exact) mass is 533 g/mol. The van der Waals surface area contributed by atoms with E-state index in [1.165, 1.54) is 94.3 Å². The van der Waals surface area contributed by atoms with E-state index in [-0.39, 0.29) is 0 Å². The lowest BCUT2D eigenvalue weighted by molar-refractivity contribution is -0.689. The molecule has 0 amide bonds. The highest BCUT2D eigenvalue weighted by molar-refractivity contribution is 5.98. The molecule has 0 atom stereocenters. The lowest BCUT2D eigenvalue weighted by atomic mass is 9.83. The molecule has 3 nitrogen and oxygen atoms in total. The van der Waals surface area contributed by atoms with Gasteiger partial charge in [-0.1, -0.05) is 42.5 Å². The number of hydrogen-bond donors (Lipinski definition) is 0. The number of anilines is 1. The first-order chi connectivity index (χ1) is 20.3. The molecule has 4 aliphatic rings. The Morgan fingerprint density at radius 2 is 1.32 bits per heavy atom.